The average molecular weight is 399 g/mol. The molecule has 1 amide bonds. The monoisotopic (exact) mass is 398 g/mol. The molecule has 0 aliphatic rings. The predicted octanol–water partition coefficient (Wildman–Crippen LogP) is 3.35. The van der Waals surface area contributed by atoms with Crippen LogP contribution in [0.2, 0.25) is 5.02 Å². The molecule has 2 aromatic carbocycles. The lowest BCUT2D eigenvalue weighted by molar-refractivity contribution is 0.0958. The van der Waals surface area contributed by atoms with Gasteiger partial charge in [-0.05, 0) is 55.8 Å². The Morgan fingerprint density at radius 1 is 1.29 bits per heavy atom. The van der Waals surface area contributed by atoms with Crippen molar-refractivity contribution in [2.75, 3.05) is 13.6 Å². The molecule has 7 heteroatoms. The van der Waals surface area contributed by atoms with Gasteiger partial charge < -0.3 is 15.2 Å². The number of fused-ring (bicyclic) bond motifs is 1. The molecule has 28 heavy (non-hydrogen) atoms. The SMILES string of the molecule is CCn1c(C#CCNC(=O)c2ccc(Cl)c(F)c2)nc2cc(CNC)ccc21. The molecule has 1 aromatic heterocycles. The van der Waals surface area contributed by atoms with Crippen molar-refractivity contribution in [3.63, 3.8) is 0 Å². The van der Waals surface area contributed by atoms with Gasteiger partial charge in [0.15, 0.2) is 5.82 Å². The highest BCUT2D eigenvalue weighted by molar-refractivity contribution is 6.30. The quantitative estimate of drug-likeness (QED) is 0.648. The molecule has 0 spiro atoms. The number of imidazole rings is 1. The molecule has 0 aliphatic carbocycles. The molecule has 3 rings (SSSR count). The average Bonchev–Trinajstić information content (AvgIpc) is 3.04. The van der Waals surface area contributed by atoms with Crippen LogP contribution in [0.15, 0.2) is 36.4 Å². The fraction of sp³-hybridized carbons (Fsp3) is 0.238. The van der Waals surface area contributed by atoms with Gasteiger partial charge in [0.2, 0.25) is 0 Å². The highest BCUT2D eigenvalue weighted by Crippen LogP contribution is 2.18. The number of aromatic nitrogens is 2. The highest BCUT2D eigenvalue weighted by atomic mass is 35.5. The lowest BCUT2D eigenvalue weighted by Crippen LogP contribution is -2.23. The number of hydrogen-bond acceptors (Lipinski definition) is 3. The summed E-state index contributed by atoms with van der Waals surface area (Å²) in [6.07, 6.45) is 0. The van der Waals surface area contributed by atoms with Crippen molar-refractivity contribution >= 4 is 28.5 Å². The Morgan fingerprint density at radius 2 is 2.11 bits per heavy atom. The first-order chi connectivity index (χ1) is 13.5. The zero-order valence-electron chi connectivity index (χ0n) is 15.6. The first-order valence-corrected chi connectivity index (χ1v) is 9.27. The topological polar surface area (TPSA) is 59.0 Å². The number of carbonyl (C=O) groups excluding carboxylic acids is 1. The molecule has 5 nitrogen and oxygen atoms in total. The number of aryl methyl sites for hydroxylation is 1. The second-order valence-corrected chi connectivity index (χ2v) is 6.55. The van der Waals surface area contributed by atoms with E-state index in [0.29, 0.717) is 5.82 Å². The van der Waals surface area contributed by atoms with E-state index in [9.17, 15) is 9.18 Å². The number of hydrogen-bond donors (Lipinski definition) is 2. The maximum absolute atomic E-state index is 13.5. The van der Waals surface area contributed by atoms with Crippen LogP contribution < -0.4 is 10.6 Å². The van der Waals surface area contributed by atoms with Crippen LogP contribution in [0.1, 0.15) is 28.7 Å². The van der Waals surface area contributed by atoms with Gasteiger partial charge in [0.25, 0.3) is 5.91 Å². The fourth-order valence-corrected chi connectivity index (χ4v) is 3.01. The van der Waals surface area contributed by atoms with Gasteiger partial charge in [-0.2, -0.15) is 0 Å². The summed E-state index contributed by atoms with van der Waals surface area (Å²) < 4.78 is 15.5. The third-order valence-corrected chi connectivity index (χ3v) is 4.54. The summed E-state index contributed by atoms with van der Waals surface area (Å²) >= 11 is 5.63. The standard InChI is InChI=1S/C21H20ClFN4O/c1-3-27-19-9-6-14(13-24-2)11-18(19)26-20(27)5-4-10-25-21(28)15-7-8-16(22)17(23)12-15/h6-9,11-12,24H,3,10,13H2,1-2H3,(H,25,28). The summed E-state index contributed by atoms with van der Waals surface area (Å²) in [6, 6.07) is 10.1. The number of amides is 1. The van der Waals surface area contributed by atoms with Crippen LogP contribution in [0, 0.1) is 17.7 Å². The molecule has 0 bridgehead atoms. The van der Waals surface area contributed by atoms with Crippen LogP contribution in [0.3, 0.4) is 0 Å². The summed E-state index contributed by atoms with van der Waals surface area (Å²) in [6.45, 7) is 3.67. The maximum atomic E-state index is 13.5. The molecule has 0 saturated carbocycles. The molecule has 0 aliphatic heterocycles. The van der Waals surface area contributed by atoms with E-state index in [0.717, 1.165) is 35.8 Å². The van der Waals surface area contributed by atoms with E-state index in [-0.39, 0.29) is 17.1 Å². The third-order valence-electron chi connectivity index (χ3n) is 4.23. The van der Waals surface area contributed by atoms with Gasteiger partial charge in [0, 0.05) is 18.7 Å². The second-order valence-electron chi connectivity index (χ2n) is 6.15. The Morgan fingerprint density at radius 3 is 2.82 bits per heavy atom. The number of halogens is 2. The number of rotatable bonds is 5. The lowest BCUT2D eigenvalue weighted by Gasteiger charge is -2.03. The van der Waals surface area contributed by atoms with E-state index in [1.165, 1.54) is 12.1 Å². The van der Waals surface area contributed by atoms with Crippen LogP contribution in [-0.4, -0.2) is 29.1 Å². The Balaban J connectivity index is 1.73. The molecular weight excluding hydrogens is 379 g/mol. The Kier molecular flexibility index (Phi) is 6.30. The molecule has 0 fully saturated rings. The summed E-state index contributed by atoms with van der Waals surface area (Å²) in [5, 5.41) is 5.75. The Bertz CT molecular complexity index is 1080. The first kappa shape index (κ1) is 19.9. The van der Waals surface area contributed by atoms with Gasteiger partial charge in [-0.25, -0.2) is 9.37 Å². The maximum Gasteiger partial charge on any atom is 0.252 e. The van der Waals surface area contributed by atoms with Crippen LogP contribution >= 0.6 is 11.6 Å². The van der Waals surface area contributed by atoms with Crippen LogP contribution in [0.5, 0.6) is 0 Å². The Hall–Kier alpha value is -2.88. The summed E-state index contributed by atoms with van der Waals surface area (Å²) in [4.78, 5) is 16.7. The largest absolute Gasteiger partial charge is 0.341 e. The van der Waals surface area contributed by atoms with Gasteiger partial charge in [-0.3, -0.25) is 4.79 Å². The lowest BCUT2D eigenvalue weighted by atomic mass is 10.2. The minimum atomic E-state index is -0.630. The zero-order valence-corrected chi connectivity index (χ0v) is 16.4. The van der Waals surface area contributed by atoms with Crippen molar-refractivity contribution in [2.45, 2.75) is 20.0 Å². The molecule has 0 atom stereocenters. The van der Waals surface area contributed by atoms with Gasteiger partial charge in [0.05, 0.1) is 22.6 Å². The van der Waals surface area contributed by atoms with Gasteiger partial charge in [-0.1, -0.05) is 23.6 Å². The molecule has 0 saturated heterocycles. The van der Waals surface area contributed by atoms with Crippen LogP contribution in [0.4, 0.5) is 4.39 Å². The summed E-state index contributed by atoms with van der Waals surface area (Å²) in [5.74, 6) is 5.52. The summed E-state index contributed by atoms with van der Waals surface area (Å²) in [5.41, 5.74) is 3.26. The van der Waals surface area contributed by atoms with Crippen LogP contribution in [0.25, 0.3) is 11.0 Å². The molecule has 2 N–H and O–H groups in total. The minimum absolute atomic E-state index is 0.0207. The molecule has 3 aromatic rings. The van der Waals surface area contributed by atoms with E-state index in [1.54, 1.807) is 0 Å². The van der Waals surface area contributed by atoms with Crippen LogP contribution in [-0.2, 0) is 13.1 Å². The zero-order chi connectivity index (χ0) is 20.1. The second kappa shape index (κ2) is 8.87. The predicted molar refractivity (Wildman–Crippen MR) is 109 cm³/mol. The van der Waals surface area contributed by atoms with E-state index in [4.69, 9.17) is 11.6 Å². The van der Waals surface area contributed by atoms with Gasteiger partial charge >= 0.3 is 0 Å². The number of nitrogens with one attached hydrogen (secondary N) is 2. The number of benzene rings is 2. The van der Waals surface area contributed by atoms with Crippen molar-refractivity contribution in [3.8, 4) is 11.8 Å². The first-order valence-electron chi connectivity index (χ1n) is 8.89. The van der Waals surface area contributed by atoms with Crippen molar-refractivity contribution in [2.24, 2.45) is 0 Å². The van der Waals surface area contributed by atoms with E-state index >= 15 is 0 Å². The van der Waals surface area contributed by atoms with Crippen molar-refractivity contribution in [1.82, 2.24) is 20.2 Å². The van der Waals surface area contributed by atoms with Crippen molar-refractivity contribution < 1.29 is 9.18 Å². The molecule has 0 radical (unpaired) electrons. The number of carbonyl (C=O) groups is 1. The normalized spacial score (nSPS) is 10.6. The van der Waals surface area contributed by atoms with E-state index < -0.39 is 11.7 Å². The van der Waals surface area contributed by atoms with Gasteiger partial charge in [-0.15, -0.1) is 0 Å². The third kappa shape index (κ3) is 4.33. The highest BCUT2D eigenvalue weighted by Gasteiger charge is 2.09. The molecular formula is C21H20ClFN4O. The summed E-state index contributed by atoms with van der Waals surface area (Å²) in [7, 11) is 1.90. The molecule has 144 valence electrons. The number of nitrogens with zero attached hydrogens (tertiary/aromatic N) is 2. The smallest absolute Gasteiger partial charge is 0.252 e. The van der Waals surface area contributed by atoms with Gasteiger partial charge in [0.1, 0.15) is 5.82 Å². The van der Waals surface area contributed by atoms with E-state index in [2.05, 4.69) is 33.5 Å². The minimum Gasteiger partial charge on any atom is -0.341 e. The van der Waals surface area contributed by atoms with Crippen molar-refractivity contribution in [3.05, 3.63) is 64.2 Å². The molecule has 1 heterocycles. The fourth-order valence-electron chi connectivity index (χ4n) is 2.89. The molecule has 0 unspecified atom stereocenters. The van der Waals surface area contributed by atoms with E-state index in [1.807, 2.05) is 30.7 Å². The van der Waals surface area contributed by atoms with Crippen molar-refractivity contribution in [1.29, 1.82) is 0 Å². The Labute approximate surface area is 167 Å².